The first-order valence-corrected chi connectivity index (χ1v) is 7.43. The number of nitrogens with zero attached hydrogens (tertiary/aromatic N) is 2. The normalized spacial score (nSPS) is 17.7. The number of aryl methyl sites for hydroxylation is 1. The number of nitrogens with one attached hydrogen (secondary N) is 1. The van der Waals surface area contributed by atoms with Crippen molar-refractivity contribution in [2.45, 2.75) is 6.92 Å². The molecule has 23 heavy (non-hydrogen) atoms. The van der Waals surface area contributed by atoms with Gasteiger partial charge in [0.1, 0.15) is 10.7 Å². The number of thioether (sulfide) groups is 1. The average molecular weight is 329 g/mol. The molecule has 7 nitrogen and oxygen atoms in total. The van der Waals surface area contributed by atoms with Gasteiger partial charge < -0.3 is 9.73 Å². The van der Waals surface area contributed by atoms with Crippen LogP contribution in [0.5, 0.6) is 0 Å². The van der Waals surface area contributed by atoms with E-state index in [0.717, 1.165) is 23.0 Å². The summed E-state index contributed by atoms with van der Waals surface area (Å²) in [6.07, 6.45) is 1.45. The fraction of sp³-hybridized carbons (Fsp3) is 0.0667. The molecule has 0 saturated carbocycles. The van der Waals surface area contributed by atoms with Gasteiger partial charge in [0, 0.05) is 6.08 Å². The Hall–Kier alpha value is -2.87. The van der Waals surface area contributed by atoms with Crippen molar-refractivity contribution in [3.63, 3.8) is 0 Å². The highest BCUT2D eigenvalue weighted by Crippen LogP contribution is 2.29. The molecule has 2 heterocycles. The number of carbonyl (C=O) groups is 1. The van der Waals surface area contributed by atoms with Crippen molar-refractivity contribution in [2.75, 3.05) is 0 Å². The smallest absolute Gasteiger partial charge is 0.401 e. The molecule has 1 N–H and O–H groups in total. The molecule has 1 aliphatic heterocycles. The Morgan fingerprint density at radius 1 is 1.35 bits per heavy atom. The molecule has 1 saturated heterocycles. The lowest BCUT2D eigenvalue weighted by Crippen LogP contribution is -2.19. The number of hydrogen-bond donors (Lipinski definition) is 1. The van der Waals surface area contributed by atoms with E-state index in [1.54, 1.807) is 0 Å². The third-order valence-electron chi connectivity index (χ3n) is 2.95. The molecule has 0 aliphatic carbocycles. The van der Waals surface area contributed by atoms with Crippen molar-refractivity contribution < 1.29 is 14.1 Å². The maximum Gasteiger partial charge on any atom is 0.433 e. The minimum atomic E-state index is -0.630. The number of rotatable bonds is 3. The molecular weight excluding hydrogens is 318 g/mol. The minimum Gasteiger partial charge on any atom is -0.401 e. The molecule has 1 aromatic heterocycles. The van der Waals surface area contributed by atoms with E-state index in [0.29, 0.717) is 10.1 Å². The molecule has 1 amide bonds. The van der Waals surface area contributed by atoms with Gasteiger partial charge in [0.2, 0.25) is 0 Å². The Kier molecular flexibility index (Phi) is 3.98. The summed E-state index contributed by atoms with van der Waals surface area (Å²) < 4.78 is 5.02. The number of amides is 1. The van der Waals surface area contributed by atoms with Crippen LogP contribution in [0.2, 0.25) is 0 Å². The van der Waals surface area contributed by atoms with Crippen LogP contribution in [-0.2, 0) is 4.79 Å². The van der Waals surface area contributed by atoms with Crippen LogP contribution in [-0.4, -0.2) is 16.0 Å². The standard InChI is InChI=1S/C15H11N3O4S/c1-9-3-2-4-10(7-9)16-15-17-14(19)12(23-15)8-11-5-6-13(22-11)18(20)21/h2-8H,1H3,(H,16,17,19). The molecule has 0 bridgehead atoms. The fourth-order valence-electron chi connectivity index (χ4n) is 1.94. The predicted octanol–water partition coefficient (Wildman–Crippen LogP) is 3.39. The molecule has 1 aliphatic rings. The first-order chi connectivity index (χ1) is 11.0. The number of furan rings is 1. The second kappa shape index (κ2) is 6.09. The quantitative estimate of drug-likeness (QED) is 0.529. The van der Waals surface area contributed by atoms with Gasteiger partial charge in [-0.05, 0) is 42.4 Å². The third kappa shape index (κ3) is 3.49. The zero-order valence-electron chi connectivity index (χ0n) is 12.0. The van der Waals surface area contributed by atoms with Crippen molar-refractivity contribution in [2.24, 2.45) is 4.99 Å². The van der Waals surface area contributed by atoms with E-state index < -0.39 is 4.92 Å². The summed E-state index contributed by atoms with van der Waals surface area (Å²) in [5, 5.41) is 13.7. The average Bonchev–Trinajstić information content (AvgIpc) is 3.07. The second-order valence-electron chi connectivity index (χ2n) is 4.75. The monoisotopic (exact) mass is 329 g/mol. The van der Waals surface area contributed by atoms with E-state index in [9.17, 15) is 14.9 Å². The van der Waals surface area contributed by atoms with Gasteiger partial charge in [-0.1, -0.05) is 12.1 Å². The molecule has 2 aromatic rings. The van der Waals surface area contributed by atoms with Crippen LogP contribution in [0.25, 0.3) is 6.08 Å². The Morgan fingerprint density at radius 2 is 2.17 bits per heavy atom. The summed E-state index contributed by atoms with van der Waals surface area (Å²) in [7, 11) is 0. The Labute approximate surface area is 135 Å². The Balaban J connectivity index is 1.81. The maximum atomic E-state index is 11.9. The van der Waals surface area contributed by atoms with Gasteiger partial charge in [0.05, 0.1) is 16.7 Å². The number of carbonyl (C=O) groups excluding carboxylic acids is 1. The summed E-state index contributed by atoms with van der Waals surface area (Å²) in [6, 6.07) is 10.3. The van der Waals surface area contributed by atoms with Gasteiger partial charge in [0.15, 0.2) is 5.17 Å². The molecular formula is C15H11N3O4S. The van der Waals surface area contributed by atoms with E-state index in [-0.39, 0.29) is 17.6 Å². The van der Waals surface area contributed by atoms with Gasteiger partial charge in [-0.25, -0.2) is 4.99 Å². The summed E-state index contributed by atoms with van der Waals surface area (Å²) in [6.45, 7) is 1.96. The van der Waals surface area contributed by atoms with Gasteiger partial charge >= 0.3 is 5.88 Å². The van der Waals surface area contributed by atoms with Crippen molar-refractivity contribution in [1.82, 2.24) is 5.32 Å². The number of nitro groups is 1. The van der Waals surface area contributed by atoms with E-state index in [4.69, 9.17) is 4.42 Å². The van der Waals surface area contributed by atoms with Gasteiger partial charge in [-0.3, -0.25) is 14.9 Å². The van der Waals surface area contributed by atoms with Crippen LogP contribution in [0.3, 0.4) is 0 Å². The van der Waals surface area contributed by atoms with Gasteiger partial charge in [-0.15, -0.1) is 0 Å². The van der Waals surface area contributed by atoms with Crippen LogP contribution in [0.1, 0.15) is 11.3 Å². The van der Waals surface area contributed by atoms with Crippen LogP contribution in [0.4, 0.5) is 11.6 Å². The van der Waals surface area contributed by atoms with E-state index in [1.807, 2.05) is 31.2 Å². The van der Waals surface area contributed by atoms with Crippen molar-refractivity contribution in [1.29, 1.82) is 0 Å². The van der Waals surface area contributed by atoms with Crippen LogP contribution >= 0.6 is 11.8 Å². The topological polar surface area (TPSA) is 97.7 Å². The number of benzene rings is 1. The molecule has 1 aromatic carbocycles. The third-order valence-corrected chi connectivity index (χ3v) is 3.86. The lowest BCUT2D eigenvalue weighted by molar-refractivity contribution is -0.402. The van der Waals surface area contributed by atoms with E-state index >= 15 is 0 Å². The summed E-state index contributed by atoms with van der Waals surface area (Å²) in [5.41, 5.74) is 1.81. The SMILES string of the molecule is Cc1cccc(N=C2NC(=O)C(=Cc3ccc([N+](=O)[O-])o3)S2)c1. The van der Waals surface area contributed by atoms with Gasteiger partial charge in [0.25, 0.3) is 5.91 Å². The highest BCUT2D eigenvalue weighted by molar-refractivity contribution is 8.18. The molecule has 0 spiro atoms. The maximum absolute atomic E-state index is 11.9. The number of amidine groups is 1. The zero-order valence-corrected chi connectivity index (χ0v) is 12.8. The highest BCUT2D eigenvalue weighted by atomic mass is 32.2. The van der Waals surface area contributed by atoms with Crippen molar-refractivity contribution in [3.8, 4) is 0 Å². The Bertz CT molecular complexity index is 854. The lowest BCUT2D eigenvalue weighted by atomic mass is 10.2. The molecule has 3 rings (SSSR count). The molecule has 0 atom stereocenters. The minimum absolute atomic E-state index is 0.242. The summed E-state index contributed by atoms with van der Waals surface area (Å²) in [5.74, 6) is -0.444. The second-order valence-corrected chi connectivity index (χ2v) is 5.78. The fourth-order valence-corrected chi connectivity index (χ4v) is 2.76. The molecule has 0 radical (unpaired) electrons. The van der Waals surface area contributed by atoms with Crippen molar-refractivity contribution in [3.05, 3.63) is 62.7 Å². The van der Waals surface area contributed by atoms with Crippen LogP contribution < -0.4 is 5.32 Å². The molecule has 8 heteroatoms. The molecule has 1 fully saturated rings. The first-order valence-electron chi connectivity index (χ1n) is 6.62. The van der Waals surface area contributed by atoms with Crippen LogP contribution in [0, 0.1) is 17.0 Å². The zero-order chi connectivity index (χ0) is 16.4. The summed E-state index contributed by atoms with van der Waals surface area (Å²) >= 11 is 1.15. The first kappa shape index (κ1) is 15.0. The number of aliphatic imine (C=N–C) groups is 1. The van der Waals surface area contributed by atoms with Gasteiger partial charge in [-0.2, -0.15) is 0 Å². The predicted molar refractivity (Wildman–Crippen MR) is 87.3 cm³/mol. The molecule has 116 valence electrons. The number of hydrogen-bond acceptors (Lipinski definition) is 6. The van der Waals surface area contributed by atoms with E-state index in [1.165, 1.54) is 18.2 Å². The van der Waals surface area contributed by atoms with Crippen LogP contribution in [0.15, 0.2) is 50.7 Å². The molecule has 0 unspecified atom stereocenters. The van der Waals surface area contributed by atoms with Crippen molar-refractivity contribution >= 4 is 40.5 Å². The van der Waals surface area contributed by atoms with E-state index in [2.05, 4.69) is 10.3 Å². The lowest BCUT2D eigenvalue weighted by Gasteiger charge is -1.97. The summed E-state index contributed by atoms with van der Waals surface area (Å²) in [4.78, 5) is 26.6. The largest absolute Gasteiger partial charge is 0.433 e. The highest BCUT2D eigenvalue weighted by Gasteiger charge is 2.24. The Morgan fingerprint density at radius 3 is 2.87 bits per heavy atom.